The monoisotopic (exact) mass is 242 g/mol. The molecule has 1 aliphatic carbocycles. The molecular formula is C13H26N2O2. The Labute approximate surface area is 104 Å². The molecule has 0 bridgehead atoms. The fourth-order valence-corrected chi connectivity index (χ4v) is 3.26. The number of nitrogens with two attached hydrogens (primary N) is 1. The Morgan fingerprint density at radius 3 is 2.53 bits per heavy atom. The van der Waals surface area contributed by atoms with Crippen LogP contribution < -0.4 is 5.73 Å². The van der Waals surface area contributed by atoms with Gasteiger partial charge in [0.15, 0.2) is 5.79 Å². The van der Waals surface area contributed by atoms with Crippen LogP contribution in [0.25, 0.3) is 0 Å². The molecule has 2 N–H and O–H groups in total. The van der Waals surface area contributed by atoms with E-state index < -0.39 is 0 Å². The van der Waals surface area contributed by atoms with E-state index in [4.69, 9.17) is 15.2 Å². The molecule has 4 nitrogen and oxygen atoms in total. The molecular weight excluding hydrogens is 216 g/mol. The molecule has 2 aliphatic rings. The second-order valence-corrected chi connectivity index (χ2v) is 5.51. The Bertz CT molecular complexity index is 252. The fourth-order valence-electron chi connectivity index (χ4n) is 3.26. The Morgan fingerprint density at radius 1 is 1.35 bits per heavy atom. The highest BCUT2D eigenvalue weighted by Crippen LogP contribution is 2.37. The van der Waals surface area contributed by atoms with Crippen LogP contribution in [0.5, 0.6) is 0 Å². The van der Waals surface area contributed by atoms with E-state index >= 15 is 0 Å². The van der Waals surface area contributed by atoms with Crippen LogP contribution in [0.3, 0.4) is 0 Å². The molecule has 0 radical (unpaired) electrons. The number of hydrogen-bond acceptors (Lipinski definition) is 4. The fraction of sp³-hybridized carbons (Fsp3) is 1.00. The second-order valence-electron chi connectivity index (χ2n) is 5.51. The van der Waals surface area contributed by atoms with Gasteiger partial charge in [0.05, 0.1) is 13.2 Å². The number of likely N-dealkylation sites (N-methyl/N-ethyl adjacent to an activating group) is 1. The summed E-state index contributed by atoms with van der Waals surface area (Å²) in [5.41, 5.74) is 6.29. The zero-order valence-electron chi connectivity index (χ0n) is 11.3. The van der Waals surface area contributed by atoms with Crippen molar-refractivity contribution in [3.63, 3.8) is 0 Å². The molecule has 2 fully saturated rings. The normalized spacial score (nSPS) is 32.8. The summed E-state index contributed by atoms with van der Waals surface area (Å²) in [5, 5.41) is 0. The maximum Gasteiger partial charge on any atom is 0.170 e. The Balaban J connectivity index is 2.08. The van der Waals surface area contributed by atoms with Crippen LogP contribution in [0.4, 0.5) is 0 Å². The zero-order valence-corrected chi connectivity index (χ0v) is 11.3. The minimum absolute atomic E-state index is 0.246. The van der Waals surface area contributed by atoms with Gasteiger partial charge < -0.3 is 15.2 Å². The van der Waals surface area contributed by atoms with Crippen molar-refractivity contribution in [2.24, 2.45) is 5.73 Å². The van der Waals surface area contributed by atoms with E-state index in [0.717, 1.165) is 39.0 Å². The Hall–Kier alpha value is -0.160. The highest BCUT2D eigenvalue weighted by atomic mass is 16.7. The summed E-state index contributed by atoms with van der Waals surface area (Å²) in [7, 11) is 0. The van der Waals surface area contributed by atoms with Gasteiger partial charge in [-0.1, -0.05) is 6.92 Å². The van der Waals surface area contributed by atoms with Gasteiger partial charge in [-0.05, 0) is 26.8 Å². The Kier molecular flexibility index (Phi) is 4.08. The first-order valence-corrected chi connectivity index (χ1v) is 6.87. The zero-order chi connectivity index (χ0) is 12.5. The average Bonchev–Trinajstić information content (AvgIpc) is 2.73. The summed E-state index contributed by atoms with van der Waals surface area (Å²) in [4.78, 5) is 2.47. The molecule has 1 saturated heterocycles. The molecule has 1 spiro atoms. The summed E-state index contributed by atoms with van der Waals surface area (Å²) in [6, 6.07) is 1.15. The molecule has 0 aromatic carbocycles. The molecule has 4 heteroatoms. The first kappa shape index (κ1) is 13.3. The standard InChI is InChI=1S/C13H26N2O2/c1-4-15(10(2)3)12-9-13(6-5-11(12)14)16-7-8-17-13/h10-12H,4-9,14H2,1-3H3. The SMILES string of the molecule is CCN(C(C)C)C1CC2(CCC1N)OCCO2. The Morgan fingerprint density at radius 2 is 2.00 bits per heavy atom. The summed E-state index contributed by atoms with van der Waals surface area (Å²) >= 11 is 0. The van der Waals surface area contributed by atoms with Gasteiger partial charge in [0.25, 0.3) is 0 Å². The van der Waals surface area contributed by atoms with Crippen molar-refractivity contribution in [1.29, 1.82) is 0 Å². The third-order valence-corrected chi connectivity index (χ3v) is 4.14. The third kappa shape index (κ3) is 2.65. The molecule has 2 unspecified atom stereocenters. The lowest BCUT2D eigenvalue weighted by Crippen LogP contribution is -2.57. The van der Waals surface area contributed by atoms with Gasteiger partial charge in [-0.15, -0.1) is 0 Å². The van der Waals surface area contributed by atoms with Crippen LogP contribution in [0.2, 0.25) is 0 Å². The quantitative estimate of drug-likeness (QED) is 0.811. The molecule has 0 amide bonds. The van der Waals surface area contributed by atoms with Crippen molar-refractivity contribution < 1.29 is 9.47 Å². The van der Waals surface area contributed by atoms with Crippen LogP contribution in [0.1, 0.15) is 40.0 Å². The van der Waals surface area contributed by atoms with Gasteiger partial charge in [-0.3, -0.25) is 4.90 Å². The molecule has 0 aromatic heterocycles. The first-order valence-electron chi connectivity index (χ1n) is 6.87. The van der Waals surface area contributed by atoms with Crippen molar-refractivity contribution in [1.82, 2.24) is 4.90 Å². The molecule has 1 aliphatic heterocycles. The topological polar surface area (TPSA) is 47.7 Å². The van der Waals surface area contributed by atoms with E-state index in [1.807, 2.05) is 0 Å². The van der Waals surface area contributed by atoms with E-state index in [-0.39, 0.29) is 11.8 Å². The van der Waals surface area contributed by atoms with E-state index in [1.165, 1.54) is 0 Å². The number of ether oxygens (including phenoxy) is 2. The second kappa shape index (κ2) is 5.22. The van der Waals surface area contributed by atoms with Crippen molar-refractivity contribution in [3.05, 3.63) is 0 Å². The van der Waals surface area contributed by atoms with E-state index in [9.17, 15) is 0 Å². The molecule has 17 heavy (non-hydrogen) atoms. The van der Waals surface area contributed by atoms with Gasteiger partial charge >= 0.3 is 0 Å². The molecule has 100 valence electrons. The van der Waals surface area contributed by atoms with Gasteiger partial charge in [0.1, 0.15) is 0 Å². The summed E-state index contributed by atoms with van der Waals surface area (Å²) < 4.78 is 11.7. The van der Waals surface area contributed by atoms with Crippen LogP contribution in [-0.2, 0) is 9.47 Å². The minimum atomic E-state index is -0.331. The summed E-state index contributed by atoms with van der Waals surface area (Å²) in [6.45, 7) is 9.16. The molecule has 0 aromatic rings. The lowest BCUT2D eigenvalue weighted by atomic mass is 9.84. The van der Waals surface area contributed by atoms with Gasteiger partial charge in [0, 0.05) is 31.0 Å². The van der Waals surface area contributed by atoms with Gasteiger partial charge in [-0.25, -0.2) is 0 Å². The highest BCUT2D eigenvalue weighted by molar-refractivity contribution is 4.95. The average molecular weight is 242 g/mol. The van der Waals surface area contributed by atoms with Crippen molar-refractivity contribution >= 4 is 0 Å². The predicted molar refractivity (Wildman–Crippen MR) is 67.8 cm³/mol. The van der Waals surface area contributed by atoms with Gasteiger partial charge in [-0.2, -0.15) is 0 Å². The van der Waals surface area contributed by atoms with Gasteiger partial charge in [0.2, 0.25) is 0 Å². The minimum Gasteiger partial charge on any atom is -0.347 e. The van der Waals surface area contributed by atoms with Crippen molar-refractivity contribution in [3.8, 4) is 0 Å². The first-order chi connectivity index (χ1) is 8.08. The number of nitrogens with zero attached hydrogens (tertiary/aromatic N) is 1. The van der Waals surface area contributed by atoms with Crippen LogP contribution >= 0.6 is 0 Å². The van der Waals surface area contributed by atoms with Crippen LogP contribution in [-0.4, -0.2) is 48.6 Å². The third-order valence-electron chi connectivity index (χ3n) is 4.14. The lowest BCUT2D eigenvalue weighted by molar-refractivity contribution is -0.193. The lowest BCUT2D eigenvalue weighted by Gasteiger charge is -2.45. The van der Waals surface area contributed by atoms with Crippen molar-refractivity contribution in [2.75, 3.05) is 19.8 Å². The van der Waals surface area contributed by atoms with E-state index in [2.05, 4.69) is 25.7 Å². The molecule has 2 rings (SSSR count). The maximum absolute atomic E-state index is 6.29. The van der Waals surface area contributed by atoms with Crippen LogP contribution in [0, 0.1) is 0 Å². The highest BCUT2D eigenvalue weighted by Gasteiger charge is 2.45. The van der Waals surface area contributed by atoms with E-state index in [1.54, 1.807) is 0 Å². The summed E-state index contributed by atoms with van der Waals surface area (Å²) in [6.07, 6.45) is 2.86. The summed E-state index contributed by atoms with van der Waals surface area (Å²) in [5.74, 6) is -0.331. The molecule has 1 heterocycles. The maximum atomic E-state index is 6.29. The molecule has 1 saturated carbocycles. The number of rotatable bonds is 3. The smallest absolute Gasteiger partial charge is 0.170 e. The largest absolute Gasteiger partial charge is 0.347 e. The van der Waals surface area contributed by atoms with E-state index in [0.29, 0.717) is 12.1 Å². The van der Waals surface area contributed by atoms with Crippen LogP contribution in [0.15, 0.2) is 0 Å². The predicted octanol–water partition coefficient (Wildman–Crippen LogP) is 1.34. The number of hydrogen-bond donors (Lipinski definition) is 1. The molecule has 2 atom stereocenters. The van der Waals surface area contributed by atoms with Crippen molar-refractivity contribution in [2.45, 2.75) is 63.9 Å².